The normalized spacial score (nSPS) is 9.30. The Morgan fingerprint density at radius 2 is 2.20 bits per heavy atom. The van der Waals surface area contributed by atoms with Gasteiger partial charge < -0.3 is 5.11 Å². The standard InChI is InChI=1S/C7H12O2.Ca/c1-2-3-4-5-6-7(8)9;/h5-6H,2-4H2,1H3,(H,8,9);/b6-5+;. The summed E-state index contributed by atoms with van der Waals surface area (Å²) in [7, 11) is 0. The second-order valence-electron chi connectivity index (χ2n) is 1.88. The molecule has 0 saturated carbocycles. The molecule has 0 heterocycles. The van der Waals surface area contributed by atoms with Crippen molar-refractivity contribution in [2.45, 2.75) is 26.2 Å². The van der Waals surface area contributed by atoms with Crippen molar-refractivity contribution in [2.24, 2.45) is 0 Å². The van der Waals surface area contributed by atoms with Crippen molar-refractivity contribution in [1.82, 2.24) is 0 Å². The molecular formula is C7H12CaO2. The number of allylic oxidation sites excluding steroid dienone is 1. The number of carboxylic acid groups (broad SMARTS) is 1. The van der Waals surface area contributed by atoms with Crippen LogP contribution in [0.15, 0.2) is 12.2 Å². The largest absolute Gasteiger partial charge is 0.478 e. The van der Waals surface area contributed by atoms with Crippen molar-refractivity contribution in [3.05, 3.63) is 12.2 Å². The second-order valence-corrected chi connectivity index (χ2v) is 1.88. The van der Waals surface area contributed by atoms with Crippen LogP contribution in [-0.2, 0) is 4.79 Å². The Balaban J connectivity index is 0. The Labute approximate surface area is 91.3 Å². The average Bonchev–Trinajstić information content (AvgIpc) is 1.80. The summed E-state index contributed by atoms with van der Waals surface area (Å²) in [6, 6.07) is 0. The van der Waals surface area contributed by atoms with E-state index in [-0.39, 0.29) is 37.7 Å². The molecule has 54 valence electrons. The Bertz CT molecular complexity index is 110. The minimum Gasteiger partial charge on any atom is -0.478 e. The fourth-order valence-corrected chi connectivity index (χ4v) is 0.506. The van der Waals surface area contributed by atoms with Crippen LogP contribution in [0.25, 0.3) is 0 Å². The topological polar surface area (TPSA) is 37.3 Å². The maximum absolute atomic E-state index is 9.88. The summed E-state index contributed by atoms with van der Waals surface area (Å²) >= 11 is 0. The summed E-state index contributed by atoms with van der Waals surface area (Å²) in [5.74, 6) is -0.855. The van der Waals surface area contributed by atoms with E-state index in [1.807, 2.05) is 0 Å². The molecule has 0 aliphatic heterocycles. The maximum Gasteiger partial charge on any atom is 0.327 e. The third kappa shape index (κ3) is 11.3. The molecule has 0 aliphatic carbocycles. The van der Waals surface area contributed by atoms with Crippen LogP contribution in [-0.4, -0.2) is 48.8 Å². The summed E-state index contributed by atoms with van der Waals surface area (Å²) in [5.41, 5.74) is 0. The number of carboxylic acids is 1. The van der Waals surface area contributed by atoms with Gasteiger partial charge in [0.05, 0.1) is 0 Å². The number of hydrogen-bond acceptors (Lipinski definition) is 1. The number of hydrogen-bond donors (Lipinski definition) is 1. The summed E-state index contributed by atoms with van der Waals surface area (Å²) in [6.45, 7) is 2.08. The summed E-state index contributed by atoms with van der Waals surface area (Å²) in [4.78, 5) is 9.88. The van der Waals surface area contributed by atoms with Gasteiger partial charge in [0.1, 0.15) is 0 Å². The summed E-state index contributed by atoms with van der Waals surface area (Å²) < 4.78 is 0. The van der Waals surface area contributed by atoms with Crippen molar-refractivity contribution in [2.75, 3.05) is 0 Å². The van der Waals surface area contributed by atoms with Crippen molar-refractivity contribution in [3.8, 4) is 0 Å². The molecule has 2 nitrogen and oxygen atoms in total. The first-order valence-corrected chi connectivity index (χ1v) is 3.17. The molecule has 0 unspecified atom stereocenters. The van der Waals surface area contributed by atoms with E-state index in [1.54, 1.807) is 6.08 Å². The minimum absolute atomic E-state index is 0. The molecule has 0 bridgehead atoms. The monoisotopic (exact) mass is 168 g/mol. The van der Waals surface area contributed by atoms with Crippen LogP contribution in [0.4, 0.5) is 0 Å². The van der Waals surface area contributed by atoms with E-state index in [1.165, 1.54) is 6.08 Å². The van der Waals surface area contributed by atoms with Gasteiger partial charge in [-0.3, -0.25) is 0 Å². The van der Waals surface area contributed by atoms with Crippen molar-refractivity contribution in [1.29, 1.82) is 0 Å². The van der Waals surface area contributed by atoms with Gasteiger partial charge in [-0.2, -0.15) is 0 Å². The zero-order valence-corrected chi connectivity index (χ0v) is 8.55. The third-order valence-electron chi connectivity index (χ3n) is 0.985. The van der Waals surface area contributed by atoms with Gasteiger partial charge in [0.15, 0.2) is 0 Å². The molecule has 0 spiro atoms. The van der Waals surface area contributed by atoms with Crippen molar-refractivity contribution in [3.63, 3.8) is 0 Å². The molecule has 0 aromatic heterocycles. The van der Waals surface area contributed by atoms with Crippen LogP contribution >= 0.6 is 0 Å². The predicted molar refractivity (Wildman–Crippen MR) is 42.1 cm³/mol. The number of aliphatic carboxylic acids is 1. The van der Waals surface area contributed by atoms with Crippen LogP contribution < -0.4 is 0 Å². The Morgan fingerprint density at radius 3 is 2.60 bits per heavy atom. The van der Waals surface area contributed by atoms with Crippen LogP contribution in [0.2, 0.25) is 0 Å². The van der Waals surface area contributed by atoms with Crippen LogP contribution in [0.3, 0.4) is 0 Å². The Kier molecular flexibility index (Phi) is 12.4. The second kappa shape index (κ2) is 9.47. The smallest absolute Gasteiger partial charge is 0.327 e. The van der Waals surface area contributed by atoms with Crippen molar-refractivity contribution >= 4 is 43.7 Å². The van der Waals surface area contributed by atoms with Gasteiger partial charge in [-0.25, -0.2) is 4.79 Å². The number of rotatable bonds is 4. The Morgan fingerprint density at radius 1 is 1.60 bits per heavy atom. The van der Waals surface area contributed by atoms with Crippen LogP contribution in [0, 0.1) is 0 Å². The van der Waals surface area contributed by atoms with E-state index in [0.29, 0.717) is 0 Å². The molecule has 3 heteroatoms. The van der Waals surface area contributed by atoms with Crippen LogP contribution in [0.5, 0.6) is 0 Å². The summed E-state index contributed by atoms with van der Waals surface area (Å²) in [5, 5.41) is 8.13. The first-order chi connectivity index (χ1) is 4.27. The third-order valence-corrected chi connectivity index (χ3v) is 0.985. The molecule has 0 aromatic rings. The Hall–Kier alpha value is 0.470. The van der Waals surface area contributed by atoms with E-state index in [0.717, 1.165) is 19.3 Å². The van der Waals surface area contributed by atoms with Gasteiger partial charge >= 0.3 is 5.97 Å². The fourth-order valence-electron chi connectivity index (χ4n) is 0.506. The molecule has 0 amide bonds. The molecule has 1 N–H and O–H groups in total. The molecule has 0 aliphatic rings. The first-order valence-electron chi connectivity index (χ1n) is 3.17. The van der Waals surface area contributed by atoms with Gasteiger partial charge in [0.2, 0.25) is 0 Å². The maximum atomic E-state index is 9.88. The summed E-state index contributed by atoms with van der Waals surface area (Å²) in [6.07, 6.45) is 5.94. The molecule has 0 saturated heterocycles. The van der Waals surface area contributed by atoms with Gasteiger partial charge in [-0.05, 0) is 6.42 Å². The molecule has 2 radical (unpaired) electrons. The van der Waals surface area contributed by atoms with Crippen LogP contribution in [0.1, 0.15) is 26.2 Å². The zero-order valence-electron chi connectivity index (χ0n) is 6.34. The van der Waals surface area contributed by atoms with Gasteiger partial charge in [0, 0.05) is 43.8 Å². The van der Waals surface area contributed by atoms with E-state index in [4.69, 9.17) is 5.11 Å². The van der Waals surface area contributed by atoms with E-state index in [2.05, 4.69) is 6.92 Å². The van der Waals surface area contributed by atoms with Gasteiger partial charge in [-0.1, -0.05) is 25.8 Å². The van der Waals surface area contributed by atoms with Gasteiger partial charge in [-0.15, -0.1) is 0 Å². The zero-order chi connectivity index (χ0) is 7.11. The quantitative estimate of drug-likeness (QED) is 0.392. The van der Waals surface area contributed by atoms with E-state index >= 15 is 0 Å². The first kappa shape index (κ1) is 13.1. The predicted octanol–water partition coefficient (Wildman–Crippen LogP) is 1.44. The molecular weight excluding hydrogens is 156 g/mol. The molecule has 0 rings (SSSR count). The average molecular weight is 168 g/mol. The fraction of sp³-hybridized carbons (Fsp3) is 0.571. The molecule has 0 aromatic carbocycles. The van der Waals surface area contributed by atoms with Crippen molar-refractivity contribution < 1.29 is 9.90 Å². The molecule has 0 fully saturated rings. The minimum atomic E-state index is -0.855. The van der Waals surface area contributed by atoms with E-state index in [9.17, 15) is 4.79 Å². The molecule has 0 atom stereocenters. The number of carbonyl (C=O) groups is 1. The molecule has 10 heavy (non-hydrogen) atoms. The van der Waals surface area contributed by atoms with E-state index < -0.39 is 5.97 Å². The SMILES string of the molecule is CCCC/C=C/C(=O)O.[Ca]. The number of unbranched alkanes of at least 4 members (excludes halogenated alkanes) is 2. The van der Waals surface area contributed by atoms with Gasteiger partial charge in [0.25, 0.3) is 0 Å².